The Labute approximate surface area is 221 Å². The lowest BCUT2D eigenvalue weighted by molar-refractivity contribution is -0.117. The summed E-state index contributed by atoms with van der Waals surface area (Å²) in [6.45, 7) is 5.48. The van der Waals surface area contributed by atoms with Crippen molar-refractivity contribution < 1.29 is 14.3 Å². The first-order valence-electron chi connectivity index (χ1n) is 11.9. The summed E-state index contributed by atoms with van der Waals surface area (Å²) in [4.78, 5) is 28.2. The Kier molecular flexibility index (Phi) is 7.94. The zero-order valence-corrected chi connectivity index (χ0v) is 22.0. The number of carbonyl (C=O) groups excluding carboxylic acids is 2. The fourth-order valence-corrected chi connectivity index (χ4v) is 4.32. The van der Waals surface area contributed by atoms with E-state index in [4.69, 9.17) is 21.4 Å². The second-order valence-corrected chi connectivity index (χ2v) is 9.25. The predicted molar refractivity (Wildman–Crippen MR) is 147 cm³/mol. The van der Waals surface area contributed by atoms with Crippen LogP contribution in [0.3, 0.4) is 0 Å². The lowest BCUT2D eigenvalue weighted by Gasteiger charge is -2.26. The molecule has 0 aliphatic heterocycles. The van der Waals surface area contributed by atoms with E-state index >= 15 is 0 Å². The van der Waals surface area contributed by atoms with Gasteiger partial charge in [-0.3, -0.25) is 9.59 Å². The summed E-state index contributed by atoms with van der Waals surface area (Å²) in [7, 11) is 1.61. The van der Waals surface area contributed by atoms with Gasteiger partial charge in [0.15, 0.2) is 0 Å². The van der Waals surface area contributed by atoms with Gasteiger partial charge in [0.2, 0.25) is 5.91 Å². The fraction of sp³-hybridized carbons (Fsp3) is 0.207. The Morgan fingerprint density at radius 3 is 2.27 bits per heavy atom. The molecule has 0 saturated carbocycles. The van der Waals surface area contributed by atoms with E-state index in [1.165, 1.54) is 4.90 Å². The van der Waals surface area contributed by atoms with Crippen LogP contribution >= 0.6 is 11.6 Å². The minimum absolute atomic E-state index is 0.150. The second-order valence-electron chi connectivity index (χ2n) is 8.84. The molecule has 7 nitrogen and oxygen atoms in total. The van der Waals surface area contributed by atoms with Crippen LogP contribution < -0.4 is 10.1 Å². The predicted octanol–water partition coefficient (Wildman–Crippen LogP) is 6.00. The van der Waals surface area contributed by atoms with Crippen molar-refractivity contribution in [2.24, 2.45) is 0 Å². The van der Waals surface area contributed by atoms with Crippen LogP contribution in [0.15, 0.2) is 78.9 Å². The highest BCUT2D eigenvalue weighted by atomic mass is 35.5. The van der Waals surface area contributed by atoms with Crippen LogP contribution in [-0.2, 0) is 4.79 Å². The largest absolute Gasteiger partial charge is 0.497 e. The van der Waals surface area contributed by atoms with Crippen molar-refractivity contribution in [3.63, 3.8) is 0 Å². The molecular formula is C29H29ClN4O3. The first kappa shape index (κ1) is 26.0. The van der Waals surface area contributed by atoms with E-state index in [1.807, 2.05) is 75.4 Å². The van der Waals surface area contributed by atoms with Crippen molar-refractivity contribution in [3.8, 4) is 22.6 Å². The smallest absolute Gasteiger partial charge is 0.256 e. The average molecular weight is 517 g/mol. The molecule has 4 rings (SSSR count). The molecule has 0 fully saturated rings. The molecule has 0 spiro atoms. The number of rotatable bonds is 8. The Morgan fingerprint density at radius 1 is 1.00 bits per heavy atom. The van der Waals surface area contributed by atoms with Gasteiger partial charge in [0, 0.05) is 11.6 Å². The quantitative estimate of drug-likeness (QED) is 0.311. The van der Waals surface area contributed by atoms with Crippen LogP contribution in [-0.4, -0.2) is 46.2 Å². The molecule has 3 aromatic carbocycles. The molecule has 1 heterocycles. The molecule has 1 aromatic heterocycles. The number of hydrogen-bond donors (Lipinski definition) is 1. The molecular weight excluding hydrogens is 488 g/mol. The normalized spacial score (nSPS) is 10.9. The van der Waals surface area contributed by atoms with E-state index in [2.05, 4.69) is 5.32 Å². The molecule has 4 aromatic rings. The summed E-state index contributed by atoms with van der Waals surface area (Å²) < 4.78 is 6.98. The van der Waals surface area contributed by atoms with Crippen molar-refractivity contribution in [2.75, 3.05) is 19.0 Å². The Bertz CT molecular complexity index is 1400. The summed E-state index contributed by atoms with van der Waals surface area (Å²) in [5, 5.41) is 8.12. The van der Waals surface area contributed by atoms with Crippen LogP contribution in [0.5, 0.6) is 5.75 Å². The van der Waals surface area contributed by atoms with E-state index < -0.39 is 0 Å². The molecule has 8 heteroatoms. The molecule has 0 aliphatic rings. The number of methoxy groups -OCH3 is 1. The molecule has 0 atom stereocenters. The SMILES string of the molecule is COc1ccc(-n2nc(C)c(-c3ccccc3)c2NC(=O)CN(C(=O)c2ccccc2Cl)C(C)C)cc1. The topological polar surface area (TPSA) is 76.5 Å². The van der Waals surface area contributed by atoms with Crippen LogP contribution in [0.1, 0.15) is 29.9 Å². The number of hydrogen-bond acceptors (Lipinski definition) is 4. The number of aromatic nitrogens is 2. The summed E-state index contributed by atoms with van der Waals surface area (Å²) in [6.07, 6.45) is 0. The van der Waals surface area contributed by atoms with Crippen LogP contribution in [0, 0.1) is 6.92 Å². The number of halogens is 1. The fourth-order valence-electron chi connectivity index (χ4n) is 4.11. The highest BCUT2D eigenvalue weighted by Gasteiger charge is 2.25. The molecule has 0 radical (unpaired) electrons. The zero-order valence-electron chi connectivity index (χ0n) is 21.2. The van der Waals surface area contributed by atoms with Gasteiger partial charge in [-0.1, -0.05) is 54.1 Å². The summed E-state index contributed by atoms with van der Waals surface area (Å²) in [5.74, 6) is 0.583. The van der Waals surface area contributed by atoms with E-state index in [0.29, 0.717) is 22.2 Å². The maximum Gasteiger partial charge on any atom is 0.256 e. The van der Waals surface area contributed by atoms with Gasteiger partial charge in [-0.05, 0) is 62.7 Å². The van der Waals surface area contributed by atoms with Crippen LogP contribution in [0.25, 0.3) is 16.8 Å². The monoisotopic (exact) mass is 516 g/mol. The molecule has 2 amide bonds. The number of amides is 2. The number of ether oxygens (including phenoxy) is 1. The lowest BCUT2D eigenvalue weighted by Crippen LogP contribution is -2.42. The Morgan fingerprint density at radius 2 is 1.65 bits per heavy atom. The van der Waals surface area contributed by atoms with Gasteiger partial charge in [0.05, 0.1) is 29.1 Å². The van der Waals surface area contributed by atoms with Gasteiger partial charge in [-0.2, -0.15) is 5.10 Å². The van der Waals surface area contributed by atoms with Gasteiger partial charge in [0.1, 0.15) is 18.1 Å². The Balaban J connectivity index is 1.70. The number of nitrogens with one attached hydrogen (secondary N) is 1. The zero-order chi connectivity index (χ0) is 26.5. The van der Waals surface area contributed by atoms with Gasteiger partial charge < -0.3 is 15.0 Å². The lowest BCUT2D eigenvalue weighted by atomic mass is 10.1. The average Bonchev–Trinajstić information content (AvgIpc) is 3.22. The van der Waals surface area contributed by atoms with E-state index in [-0.39, 0.29) is 24.4 Å². The molecule has 0 bridgehead atoms. The number of anilines is 1. The van der Waals surface area contributed by atoms with Crippen molar-refractivity contribution in [3.05, 3.63) is 95.1 Å². The molecule has 0 saturated heterocycles. The van der Waals surface area contributed by atoms with Gasteiger partial charge in [0.25, 0.3) is 5.91 Å². The number of nitrogens with zero attached hydrogens (tertiary/aromatic N) is 3. The minimum Gasteiger partial charge on any atom is -0.497 e. The summed E-state index contributed by atoms with van der Waals surface area (Å²) in [6, 6.07) is 23.8. The minimum atomic E-state index is -0.346. The van der Waals surface area contributed by atoms with Crippen molar-refractivity contribution in [1.82, 2.24) is 14.7 Å². The second kappa shape index (κ2) is 11.3. The number of benzene rings is 3. The third kappa shape index (κ3) is 5.67. The van der Waals surface area contributed by atoms with Crippen molar-refractivity contribution in [2.45, 2.75) is 26.8 Å². The summed E-state index contributed by atoms with van der Waals surface area (Å²) >= 11 is 6.27. The first-order chi connectivity index (χ1) is 17.8. The van der Waals surface area contributed by atoms with Crippen LogP contribution in [0.4, 0.5) is 5.82 Å². The highest BCUT2D eigenvalue weighted by Crippen LogP contribution is 2.34. The van der Waals surface area contributed by atoms with Crippen molar-refractivity contribution in [1.29, 1.82) is 0 Å². The third-order valence-electron chi connectivity index (χ3n) is 6.00. The molecule has 0 unspecified atom stereocenters. The molecule has 1 N–H and O–H groups in total. The highest BCUT2D eigenvalue weighted by molar-refractivity contribution is 6.33. The van der Waals surface area contributed by atoms with Gasteiger partial charge in [-0.25, -0.2) is 4.68 Å². The number of aryl methyl sites for hydroxylation is 1. The van der Waals surface area contributed by atoms with Gasteiger partial charge in [-0.15, -0.1) is 0 Å². The molecule has 190 valence electrons. The van der Waals surface area contributed by atoms with Crippen LogP contribution in [0.2, 0.25) is 5.02 Å². The van der Waals surface area contributed by atoms with E-state index in [1.54, 1.807) is 36.1 Å². The third-order valence-corrected chi connectivity index (χ3v) is 6.33. The Hall–Kier alpha value is -4.10. The molecule has 0 aliphatic carbocycles. The van der Waals surface area contributed by atoms with E-state index in [9.17, 15) is 9.59 Å². The first-order valence-corrected chi connectivity index (χ1v) is 12.3. The molecule has 37 heavy (non-hydrogen) atoms. The maximum atomic E-state index is 13.4. The van der Waals surface area contributed by atoms with Crippen molar-refractivity contribution >= 4 is 29.2 Å². The number of carbonyl (C=O) groups is 2. The summed E-state index contributed by atoms with van der Waals surface area (Å²) in [5.41, 5.74) is 3.59. The maximum absolute atomic E-state index is 13.4. The van der Waals surface area contributed by atoms with E-state index in [0.717, 1.165) is 22.5 Å². The standard InChI is InChI=1S/C29H29ClN4O3/c1-19(2)33(29(36)24-12-8-9-13-25(24)30)18-26(35)31-28-27(21-10-6-5-7-11-21)20(3)32-34(28)22-14-16-23(37-4)17-15-22/h5-17,19H,18H2,1-4H3,(H,31,35). The van der Waals surface area contributed by atoms with Gasteiger partial charge >= 0.3 is 0 Å².